The average molecular weight is 620 g/mol. The molecular formula is C35H52F7N. The van der Waals surface area contributed by atoms with Gasteiger partial charge in [-0.15, -0.1) is 0 Å². The van der Waals surface area contributed by atoms with Gasteiger partial charge in [-0.25, -0.2) is 0 Å². The Morgan fingerprint density at radius 2 is 1.44 bits per heavy atom. The zero-order chi connectivity index (χ0) is 31.3. The maximum atomic E-state index is 13.3. The Balaban J connectivity index is 1.03. The van der Waals surface area contributed by atoms with Crippen LogP contribution in [0.5, 0.6) is 0 Å². The van der Waals surface area contributed by atoms with Crippen LogP contribution in [0.2, 0.25) is 0 Å². The van der Waals surface area contributed by atoms with Crippen molar-refractivity contribution in [1.82, 2.24) is 4.90 Å². The molecule has 1 aromatic rings. The molecule has 0 radical (unpaired) electrons. The molecule has 0 spiro atoms. The summed E-state index contributed by atoms with van der Waals surface area (Å²) in [5.74, 6) is -8.43. The van der Waals surface area contributed by atoms with Crippen molar-refractivity contribution in [3.05, 3.63) is 34.9 Å². The molecule has 0 aliphatic heterocycles. The molecule has 4 atom stereocenters. The van der Waals surface area contributed by atoms with Crippen LogP contribution in [0.1, 0.15) is 132 Å². The molecule has 0 saturated heterocycles. The minimum Gasteiger partial charge on any atom is -0.306 e. The van der Waals surface area contributed by atoms with Gasteiger partial charge in [0.25, 0.3) is 0 Å². The van der Waals surface area contributed by atoms with Crippen LogP contribution in [0.15, 0.2) is 18.2 Å². The van der Waals surface area contributed by atoms with Gasteiger partial charge in [-0.2, -0.15) is 30.7 Å². The van der Waals surface area contributed by atoms with Crippen LogP contribution in [-0.2, 0) is 12.8 Å². The van der Waals surface area contributed by atoms with Crippen molar-refractivity contribution in [2.45, 2.75) is 146 Å². The predicted octanol–water partition coefficient (Wildman–Crippen LogP) is 11.1. The molecule has 2 fully saturated rings. The molecule has 246 valence electrons. The van der Waals surface area contributed by atoms with E-state index in [-0.39, 0.29) is 12.8 Å². The maximum absolute atomic E-state index is 13.3. The van der Waals surface area contributed by atoms with E-state index in [1.807, 2.05) is 0 Å². The molecule has 0 aromatic heterocycles. The summed E-state index contributed by atoms with van der Waals surface area (Å²) in [7, 11) is 2.10. The van der Waals surface area contributed by atoms with E-state index >= 15 is 0 Å². The lowest BCUT2D eigenvalue weighted by molar-refractivity contribution is -0.355. The molecule has 0 bridgehead atoms. The van der Waals surface area contributed by atoms with Gasteiger partial charge in [0.05, 0.1) is 0 Å². The summed E-state index contributed by atoms with van der Waals surface area (Å²) in [5.41, 5.74) is 5.35. The molecule has 43 heavy (non-hydrogen) atoms. The highest BCUT2D eigenvalue weighted by molar-refractivity contribution is 5.38. The fourth-order valence-electron chi connectivity index (χ4n) is 8.58. The summed E-state index contributed by atoms with van der Waals surface area (Å²) in [6.45, 7) is 4.52. The van der Waals surface area contributed by atoms with Gasteiger partial charge in [0.2, 0.25) is 0 Å². The SMILES string of the molecule is CN(CCCCCCCCC(F)(F)C(F)(F)C(F)(F)F)CCCCCc1ccc2c(c1)CC[C@@H]1[C@@H]2CC[C@]2(C)CCC[C@@H]12. The number of fused-ring (bicyclic) bond motifs is 5. The van der Waals surface area contributed by atoms with Crippen LogP contribution in [-0.4, -0.2) is 43.1 Å². The highest BCUT2D eigenvalue weighted by Gasteiger charge is 2.72. The van der Waals surface area contributed by atoms with Crippen LogP contribution < -0.4 is 0 Å². The lowest BCUT2D eigenvalue weighted by Crippen LogP contribution is -2.51. The Bertz CT molecular complexity index is 1020. The third-order valence-corrected chi connectivity index (χ3v) is 11.2. The first-order valence-corrected chi connectivity index (χ1v) is 16.9. The van der Waals surface area contributed by atoms with Crippen molar-refractivity contribution in [3.8, 4) is 0 Å². The summed E-state index contributed by atoms with van der Waals surface area (Å²) in [5, 5.41) is 0. The first-order chi connectivity index (χ1) is 20.3. The normalized spacial score (nSPS) is 26.0. The van der Waals surface area contributed by atoms with Crippen molar-refractivity contribution in [2.75, 3.05) is 20.1 Å². The molecular weight excluding hydrogens is 567 g/mol. The summed E-state index contributed by atoms with van der Waals surface area (Å²) >= 11 is 0. The van der Waals surface area contributed by atoms with Crippen LogP contribution >= 0.6 is 0 Å². The molecule has 0 heterocycles. The summed E-state index contributed by atoms with van der Waals surface area (Å²) in [4.78, 5) is 2.30. The van der Waals surface area contributed by atoms with Crippen molar-refractivity contribution >= 4 is 0 Å². The highest BCUT2D eigenvalue weighted by Crippen LogP contribution is 2.60. The van der Waals surface area contributed by atoms with E-state index in [0.717, 1.165) is 62.9 Å². The number of hydrogen-bond acceptors (Lipinski definition) is 1. The largest absolute Gasteiger partial charge is 0.459 e. The molecule has 3 aliphatic carbocycles. The second-order valence-corrected chi connectivity index (χ2v) is 14.3. The molecule has 8 heteroatoms. The Morgan fingerprint density at radius 3 is 2.14 bits per heavy atom. The van der Waals surface area contributed by atoms with Gasteiger partial charge in [0, 0.05) is 6.42 Å². The summed E-state index contributed by atoms with van der Waals surface area (Å²) < 4.78 is 89.1. The van der Waals surface area contributed by atoms with E-state index in [9.17, 15) is 30.7 Å². The lowest BCUT2D eigenvalue weighted by Gasteiger charge is -2.49. The number of alkyl halides is 7. The first-order valence-electron chi connectivity index (χ1n) is 16.9. The van der Waals surface area contributed by atoms with Crippen LogP contribution in [0.25, 0.3) is 0 Å². The van der Waals surface area contributed by atoms with E-state index in [4.69, 9.17) is 0 Å². The molecule has 0 amide bonds. The Labute approximate surface area is 254 Å². The maximum Gasteiger partial charge on any atom is 0.459 e. The van der Waals surface area contributed by atoms with Crippen molar-refractivity contribution < 1.29 is 30.7 Å². The smallest absolute Gasteiger partial charge is 0.306 e. The quantitative estimate of drug-likeness (QED) is 0.131. The molecule has 1 nitrogen and oxygen atoms in total. The number of nitrogens with zero attached hydrogens (tertiary/aromatic N) is 1. The zero-order valence-electron chi connectivity index (χ0n) is 26.2. The lowest BCUT2D eigenvalue weighted by atomic mass is 9.56. The molecule has 1 aromatic carbocycles. The number of rotatable bonds is 16. The number of hydrogen-bond donors (Lipinski definition) is 0. The number of halogens is 7. The summed E-state index contributed by atoms with van der Waals surface area (Å²) in [6.07, 6.45) is 9.71. The van der Waals surface area contributed by atoms with E-state index in [1.165, 1.54) is 63.4 Å². The Kier molecular flexibility index (Phi) is 11.6. The Hall–Kier alpha value is -1.31. The van der Waals surface area contributed by atoms with Gasteiger partial charge in [0.1, 0.15) is 0 Å². The Morgan fingerprint density at radius 1 is 0.791 bits per heavy atom. The number of aryl methyl sites for hydroxylation is 2. The van der Waals surface area contributed by atoms with Crippen LogP contribution in [0.3, 0.4) is 0 Å². The summed E-state index contributed by atoms with van der Waals surface area (Å²) in [6, 6.07) is 7.36. The van der Waals surface area contributed by atoms with Crippen molar-refractivity contribution in [2.24, 2.45) is 17.3 Å². The third kappa shape index (κ3) is 8.30. The van der Waals surface area contributed by atoms with Crippen molar-refractivity contribution in [3.63, 3.8) is 0 Å². The third-order valence-electron chi connectivity index (χ3n) is 11.2. The fraction of sp³-hybridized carbons (Fsp3) is 0.829. The second kappa shape index (κ2) is 14.4. The van der Waals surface area contributed by atoms with Crippen molar-refractivity contribution in [1.29, 1.82) is 0 Å². The first kappa shape index (κ1) is 34.6. The topological polar surface area (TPSA) is 3.24 Å². The molecule has 0 N–H and O–H groups in total. The predicted molar refractivity (Wildman–Crippen MR) is 159 cm³/mol. The monoisotopic (exact) mass is 619 g/mol. The zero-order valence-corrected chi connectivity index (χ0v) is 26.2. The number of unbranched alkanes of at least 4 members (excludes halogenated alkanes) is 7. The molecule has 2 saturated carbocycles. The van der Waals surface area contributed by atoms with Crippen LogP contribution in [0, 0.1) is 17.3 Å². The van der Waals surface area contributed by atoms with Gasteiger partial charge in [-0.05, 0) is 131 Å². The molecule has 3 aliphatic rings. The van der Waals surface area contributed by atoms with E-state index in [2.05, 4.69) is 37.1 Å². The average Bonchev–Trinajstić information content (AvgIpc) is 3.35. The molecule has 4 rings (SSSR count). The van der Waals surface area contributed by atoms with Gasteiger partial charge in [-0.1, -0.05) is 63.6 Å². The van der Waals surface area contributed by atoms with E-state index in [1.54, 1.807) is 11.1 Å². The molecule has 0 unspecified atom stereocenters. The number of benzene rings is 1. The fourth-order valence-corrected chi connectivity index (χ4v) is 8.58. The van der Waals surface area contributed by atoms with Gasteiger partial charge < -0.3 is 4.90 Å². The van der Waals surface area contributed by atoms with Gasteiger partial charge in [-0.3, -0.25) is 0 Å². The minimum absolute atomic E-state index is 0.227. The van der Waals surface area contributed by atoms with E-state index in [0.29, 0.717) is 11.8 Å². The second-order valence-electron chi connectivity index (χ2n) is 14.3. The highest BCUT2D eigenvalue weighted by atomic mass is 19.4. The minimum atomic E-state index is -6.23. The van der Waals surface area contributed by atoms with Crippen LogP contribution in [0.4, 0.5) is 30.7 Å². The standard InChI is InChI=1S/C35H52F7N/c1-32-20-12-14-31(32)30-18-16-27-25-26(15-17-28(27)29(30)19-22-32)13-8-7-11-24-43(2)23-10-6-4-3-5-9-21-33(36,37)34(38,39)35(40,41)42/h15,17,25,29-31H,3-14,16,18-24H2,1-2H3/t29-,30-,31+,32+/m1/s1. The van der Waals surface area contributed by atoms with Gasteiger partial charge >= 0.3 is 18.0 Å². The van der Waals surface area contributed by atoms with E-state index < -0.39 is 24.4 Å². The van der Waals surface area contributed by atoms with Gasteiger partial charge in [0.15, 0.2) is 0 Å².